The quantitative estimate of drug-likeness (QED) is 0.629. The van der Waals surface area contributed by atoms with Gasteiger partial charge in [-0.2, -0.15) is 0 Å². The van der Waals surface area contributed by atoms with Crippen LogP contribution in [0.3, 0.4) is 0 Å². The van der Waals surface area contributed by atoms with Crippen molar-refractivity contribution in [1.29, 1.82) is 0 Å². The highest BCUT2D eigenvalue weighted by Crippen LogP contribution is 2.22. The Labute approximate surface area is 146 Å². The maximum absolute atomic E-state index is 12.6. The van der Waals surface area contributed by atoms with Crippen LogP contribution in [0.25, 0.3) is 0 Å². The third-order valence-corrected chi connectivity index (χ3v) is 4.35. The second kappa shape index (κ2) is 7.49. The van der Waals surface area contributed by atoms with Gasteiger partial charge >= 0.3 is 5.97 Å². The summed E-state index contributed by atoms with van der Waals surface area (Å²) < 4.78 is 5.41. The molecule has 4 nitrogen and oxygen atoms in total. The average Bonchev–Trinajstić information content (AvgIpc) is 2.63. The molecular formula is C19H18ClNO3. The summed E-state index contributed by atoms with van der Waals surface area (Å²) in [6, 6.07) is 15.8. The van der Waals surface area contributed by atoms with Crippen LogP contribution in [0.2, 0.25) is 5.02 Å². The number of likely N-dealkylation sites (tertiary alicyclic amines) is 1. The lowest BCUT2D eigenvalue weighted by molar-refractivity contribution is -0.140. The Morgan fingerprint density at radius 1 is 1.04 bits per heavy atom. The highest BCUT2D eigenvalue weighted by Gasteiger charge is 2.30. The number of para-hydroxylation sites is 1. The fourth-order valence-electron chi connectivity index (χ4n) is 2.82. The Morgan fingerprint density at radius 2 is 1.75 bits per heavy atom. The molecule has 0 radical (unpaired) electrons. The van der Waals surface area contributed by atoms with Crippen molar-refractivity contribution in [2.24, 2.45) is 5.92 Å². The Morgan fingerprint density at radius 3 is 2.46 bits per heavy atom. The molecular weight excluding hydrogens is 326 g/mol. The number of benzene rings is 2. The molecule has 1 atom stereocenters. The number of nitrogens with zero attached hydrogens (tertiary/aromatic N) is 1. The van der Waals surface area contributed by atoms with Crippen molar-refractivity contribution >= 4 is 23.5 Å². The summed E-state index contributed by atoms with van der Waals surface area (Å²) in [4.78, 5) is 26.6. The van der Waals surface area contributed by atoms with E-state index in [4.69, 9.17) is 16.3 Å². The number of hydrogen-bond donors (Lipinski definition) is 0. The van der Waals surface area contributed by atoms with Gasteiger partial charge in [-0.05, 0) is 49.2 Å². The van der Waals surface area contributed by atoms with Gasteiger partial charge in [0.1, 0.15) is 5.75 Å². The fraction of sp³-hybridized carbons (Fsp3) is 0.263. The van der Waals surface area contributed by atoms with Gasteiger partial charge in [0.15, 0.2) is 0 Å². The van der Waals surface area contributed by atoms with Crippen LogP contribution < -0.4 is 4.74 Å². The lowest BCUT2D eigenvalue weighted by Crippen LogP contribution is -2.43. The van der Waals surface area contributed by atoms with Crippen molar-refractivity contribution < 1.29 is 14.3 Å². The normalized spacial score (nSPS) is 17.4. The first-order valence-corrected chi connectivity index (χ1v) is 8.33. The zero-order valence-corrected chi connectivity index (χ0v) is 13.9. The largest absolute Gasteiger partial charge is 0.426 e. The molecule has 124 valence electrons. The molecule has 0 aromatic heterocycles. The molecule has 0 bridgehead atoms. The van der Waals surface area contributed by atoms with Crippen LogP contribution in [0.5, 0.6) is 5.75 Å². The number of halogens is 1. The lowest BCUT2D eigenvalue weighted by Gasteiger charge is -2.31. The van der Waals surface area contributed by atoms with Crippen molar-refractivity contribution in [3.05, 3.63) is 65.2 Å². The predicted octanol–water partition coefficient (Wildman–Crippen LogP) is 3.80. The van der Waals surface area contributed by atoms with E-state index in [0.29, 0.717) is 29.4 Å². The molecule has 1 heterocycles. The van der Waals surface area contributed by atoms with E-state index in [9.17, 15) is 9.59 Å². The van der Waals surface area contributed by atoms with Gasteiger partial charge in [0, 0.05) is 23.7 Å². The van der Waals surface area contributed by atoms with Gasteiger partial charge in [0.2, 0.25) is 0 Å². The third kappa shape index (κ3) is 3.95. The highest BCUT2D eigenvalue weighted by molar-refractivity contribution is 6.30. The maximum Gasteiger partial charge on any atom is 0.316 e. The van der Waals surface area contributed by atoms with Crippen LogP contribution in [-0.4, -0.2) is 29.9 Å². The molecule has 1 aliphatic rings. The van der Waals surface area contributed by atoms with Crippen LogP contribution in [-0.2, 0) is 4.79 Å². The topological polar surface area (TPSA) is 46.6 Å². The van der Waals surface area contributed by atoms with Crippen LogP contribution in [0.1, 0.15) is 23.2 Å². The van der Waals surface area contributed by atoms with Crippen molar-refractivity contribution in [3.8, 4) is 5.75 Å². The molecule has 3 rings (SSSR count). The third-order valence-electron chi connectivity index (χ3n) is 4.09. The Hall–Kier alpha value is -2.33. The molecule has 0 spiro atoms. The summed E-state index contributed by atoms with van der Waals surface area (Å²) in [5, 5.41) is 0.592. The summed E-state index contributed by atoms with van der Waals surface area (Å²) in [5.74, 6) is -0.127. The maximum atomic E-state index is 12.6. The molecule has 0 N–H and O–H groups in total. The Kier molecular flexibility index (Phi) is 5.16. The summed E-state index contributed by atoms with van der Waals surface area (Å²) in [5.41, 5.74) is 0.580. The fourth-order valence-corrected chi connectivity index (χ4v) is 2.94. The summed E-state index contributed by atoms with van der Waals surface area (Å²) in [6.45, 7) is 1.03. The van der Waals surface area contributed by atoms with Crippen molar-refractivity contribution in [1.82, 2.24) is 4.90 Å². The van der Waals surface area contributed by atoms with Gasteiger partial charge in [0.05, 0.1) is 5.92 Å². The molecule has 1 amide bonds. The van der Waals surface area contributed by atoms with Crippen molar-refractivity contribution in [2.45, 2.75) is 12.8 Å². The second-order valence-electron chi connectivity index (χ2n) is 5.83. The first-order chi connectivity index (χ1) is 11.6. The monoisotopic (exact) mass is 343 g/mol. The van der Waals surface area contributed by atoms with Crippen molar-refractivity contribution in [3.63, 3.8) is 0 Å². The molecule has 0 aliphatic carbocycles. The highest BCUT2D eigenvalue weighted by atomic mass is 35.5. The van der Waals surface area contributed by atoms with Gasteiger partial charge in [-0.3, -0.25) is 9.59 Å². The Balaban J connectivity index is 1.64. The standard InChI is InChI=1S/C19H18ClNO3/c20-16-10-8-14(9-11-16)18(22)21-12-4-5-15(13-21)19(23)24-17-6-2-1-3-7-17/h1-3,6-11,15H,4-5,12-13H2/t15-/m1/s1. The molecule has 1 fully saturated rings. The molecule has 1 saturated heterocycles. The summed E-state index contributed by atoms with van der Waals surface area (Å²) in [6.07, 6.45) is 1.52. The number of piperidine rings is 1. The van der Waals surface area contributed by atoms with Gasteiger partial charge in [0.25, 0.3) is 5.91 Å². The summed E-state index contributed by atoms with van der Waals surface area (Å²) in [7, 11) is 0. The molecule has 0 unspecified atom stereocenters. The molecule has 2 aromatic carbocycles. The van der Waals surface area contributed by atoms with E-state index in [0.717, 1.165) is 12.8 Å². The molecule has 0 saturated carbocycles. The van der Waals surface area contributed by atoms with Gasteiger partial charge in [-0.1, -0.05) is 29.8 Å². The van der Waals surface area contributed by atoms with Crippen molar-refractivity contribution in [2.75, 3.05) is 13.1 Å². The van der Waals surface area contributed by atoms with E-state index in [1.165, 1.54) is 0 Å². The zero-order chi connectivity index (χ0) is 16.9. The number of esters is 1. The van der Waals surface area contributed by atoms with Crippen LogP contribution in [0.15, 0.2) is 54.6 Å². The number of rotatable bonds is 3. The number of ether oxygens (including phenoxy) is 1. The van der Waals surface area contributed by atoms with E-state index < -0.39 is 0 Å². The Bertz CT molecular complexity index is 715. The first kappa shape index (κ1) is 16.5. The SMILES string of the molecule is O=C(Oc1ccccc1)[C@@H]1CCCN(C(=O)c2ccc(Cl)cc2)C1. The summed E-state index contributed by atoms with van der Waals surface area (Å²) >= 11 is 5.86. The molecule has 5 heteroatoms. The number of hydrogen-bond acceptors (Lipinski definition) is 3. The molecule has 24 heavy (non-hydrogen) atoms. The second-order valence-corrected chi connectivity index (χ2v) is 6.27. The van der Waals surface area contributed by atoms with E-state index in [1.54, 1.807) is 41.3 Å². The minimum Gasteiger partial charge on any atom is -0.426 e. The smallest absolute Gasteiger partial charge is 0.316 e. The van der Waals surface area contributed by atoms with Crippen LogP contribution >= 0.6 is 11.6 Å². The number of carbonyl (C=O) groups excluding carboxylic acids is 2. The van der Waals surface area contributed by atoms with E-state index in [-0.39, 0.29) is 17.8 Å². The molecule has 1 aliphatic heterocycles. The minimum absolute atomic E-state index is 0.0797. The van der Waals surface area contributed by atoms with E-state index in [1.807, 2.05) is 18.2 Å². The number of amides is 1. The van der Waals surface area contributed by atoms with Crippen LogP contribution in [0, 0.1) is 5.92 Å². The van der Waals surface area contributed by atoms with E-state index >= 15 is 0 Å². The average molecular weight is 344 g/mol. The van der Waals surface area contributed by atoms with E-state index in [2.05, 4.69) is 0 Å². The van der Waals surface area contributed by atoms with Gasteiger partial charge in [-0.15, -0.1) is 0 Å². The first-order valence-electron chi connectivity index (χ1n) is 7.95. The predicted molar refractivity (Wildman–Crippen MR) is 92.2 cm³/mol. The molecule has 2 aromatic rings. The number of carbonyl (C=O) groups is 2. The van der Waals surface area contributed by atoms with Gasteiger partial charge < -0.3 is 9.64 Å². The van der Waals surface area contributed by atoms with Crippen LogP contribution in [0.4, 0.5) is 0 Å². The zero-order valence-electron chi connectivity index (χ0n) is 13.2. The lowest BCUT2D eigenvalue weighted by atomic mass is 9.97. The minimum atomic E-state index is -0.296. The van der Waals surface area contributed by atoms with Gasteiger partial charge in [-0.25, -0.2) is 0 Å².